The Kier molecular flexibility index (Phi) is 4.23. The summed E-state index contributed by atoms with van der Waals surface area (Å²) in [5.41, 5.74) is 6.70. The number of nitrogens with zero attached hydrogens (tertiary/aromatic N) is 4. The first-order chi connectivity index (χ1) is 13.0. The SMILES string of the molecule is CC1c2c(ccc(OCCn3ccnc3)c2Cl)N=C2NC(=O)C(C(N)=O)N21. The minimum atomic E-state index is -1.12. The number of aliphatic imine (C=N–C) groups is 1. The van der Waals surface area contributed by atoms with Crippen LogP contribution in [0.3, 0.4) is 0 Å². The number of amides is 2. The monoisotopic (exact) mass is 388 g/mol. The number of rotatable bonds is 5. The number of carbonyl (C=O) groups excluding carboxylic acids is 2. The lowest BCUT2D eigenvalue weighted by atomic mass is 10.0. The van der Waals surface area contributed by atoms with Gasteiger partial charge in [0.15, 0.2) is 6.04 Å². The largest absolute Gasteiger partial charge is 0.490 e. The Balaban J connectivity index is 1.61. The second kappa shape index (κ2) is 6.58. The Hall–Kier alpha value is -3.07. The third-order valence-corrected chi connectivity index (χ3v) is 5.01. The molecule has 0 aliphatic carbocycles. The maximum absolute atomic E-state index is 12.1. The minimum absolute atomic E-state index is 0.300. The van der Waals surface area contributed by atoms with Gasteiger partial charge in [-0.05, 0) is 19.1 Å². The number of imidazole rings is 1. The molecule has 0 bridgehead atoms. The molecule has 10 heteroatoms. The molecule has 2 unspecified atom stereocenters. The number of primary amides is 1. The lowest BCUT2D eigenvalue weighted by molar-refractivity contribution is -0.131. The molecule has 1 aromatic heterocycles. The predicted molar refractivity (Wildman–Crippen MR) is 97.6 cm³/mol. The molecule has 2 aliphatic rings. The van der Waals surface area contributed by atoms with Gasteiger partial charge < -0.3 is 19.9 Å². The summed E-state index contributed by atoms with van der Waals surface area (Å²) in [6.07, 6.45) is 5.25. The Labute approximate surface area is 159 Å². The van der Waals surface area contributed by atoms with E-state index >= 15 is 0 Å². The summed E-state index contributed by atoms with van der Waals surface area (Å²) in [6, 6.07) is 2.02. The summed E-state index contributed by atoms with van der Waals surface area (Å²) in [7, 11) is 0. The summed E-state index contributed by atoms with van der Waals surface area (Å²) >= 11 is 6.57. The van der Waals surface area contributed by atoms with Gasteiger partial charge in [-0.3, -0.25) is 14.9 Å². The molecule has 1 aromatic carbocycles. The van der Waals surface area contributed by atoms with Crippen LogP contribution in [0.25, 0.3) is 0 Å². The van der Waals surface area contributed by atoms with Crippen molar-refractivity contribution in [3.63, 3.8) is 0 Å². The van der Waals surface area contributed by atoms with Crippen molar-refractivity contribution in [1.82, 2.24) is 19.8 Å². The highest BCUT2D eigenvalue weighted by atomic mass is 35.5. The first kappa shape index (κ1) is 17.3. The molecule has 140 valence electrons. The van der Waals surface area contributed by atoms with E-state index in [0.29, 0.717) is 41.1 Å². The molecule has 4 rings (SSSR count). The summed E-state index contributed by atoms with van der Waals surface area (Å²) in [6.45, 7) is 2.87. The van der Waals surface area contributed by atoms with Gasteiger partial charge in [-0.1, -0.05) is 11.6 Å². The lowest BCUT2D eigenvalue weighted by Crippen LogP contribution is -2.47. The Bertz CT molecular complexity index is 942. The number of halogens is 1. The number of ether oxygens (including phenoxy) is 1. The summed E-state index contributed by atoms with van der Waals surface area (Å²) in [5, 5.41) is 2.99. The number of guanidine groups is 1. The van der Waals surface area contributed by atoms with Crippen molar-refractivity contribution in [2.75, 3.05) is 6.61 Å². The second-order valence-corrected chi connectivity index (χ2v) is 6.65. The fourth-order valence-corrected chi connectivity index (χ4v) is 3.73. The molecule has 1 saturated heterocycles. The van der Waals surface area contributed by atoms with Gasteiger partial charge in [0.25, 0.3) is 5.91 Å². The first-order valence-electron chi connectivity index (χ1n) is 8.35. The van der Waals surface area contributed by atoms with Crippen molar-refractivity contribution < 1.29 is 14.3 Å². The van der Waals surface area contributed by atoms with Crippen LogP contribution < -0.4 is 15.8 Å². The fourth-order valence-electron chi connectivity index (χ4n) is 3.35. The van der Waals surface area contributed by atoms with Crippen LogP contribution in [0.2, 0.25) is 5.02 Å². The molecule has 0 saturated carbocycles. The summed E-state index contributed by atoms with van der Waals surface area (Å²) < 4.78 is 7.70. The number of benzene rings is 1. The molecule has 2 aromatic rings. The topological polar surface area (TPSA) is 115 Å². The van der Waals surface area contributed by atoms with Crippen LogP contribution in [-0.2, 0) is 16.1 Å². The van der Waals surface area contributed by atoms with Crippen LogP contribution in [0.4, 0.5) is 5.69 Å². The Morgan fingerprint density at radius 2 is 2.26 bits per heavy atom. The van der Waals surface area contributed by atoms with Gasteiger partial charge in [0.05, 0.1) is 29.6 Å². The van der Waals surface area contributed by atoms with E-state index in [1.54, 1.807) is 29.6 Å². The molecule has 2 amide bonds. The number of nitrogens with two attached hydrogens (primary N) is 1. The lowest BCUT2D eigenvalue weighted by Gasteiger charge is -2.33. The smallest absolute Gasteiger partial charge is 0.259 e. The van der Waals surface area contributed by atoms with E-state index in [0.717, 1.165) is 0 Å². The van der Waals surface area contributed by atoms with Gasteiger partial charge in [0, 0.05) is 18.0 Å². The van der Waals surface area contributed by atoms with Crippen LogP contribution in [0.15, 0.2) is 35.8 Å². The van der Waals surface area contributed by atoms with E-state index in [9.17, 15) is 9.59 Å². The van der Waals surface area contributed by atoms with Gasteiger partial charge in [-0.15, -0.1) is 0 Å². The molecule has 0 spiro atoms. The molecular formula is C17H17ClN6O3. The number of aromatic nitrogens is 2. The average molecular weight is 389 g/mol. The van der Waals surface area contributed by atoms with E-state index < -0.39 is 17.9 Å². The maximum Gasteiger partial charge on any atom is 0.259 e. The molecule has 27 heavy (non-hydrogen) atoms. The molecule has 2 atom stereocenters. The van der Waals surface area contributed by atoms with Crippen molar-refractivity contribution >= 4 is 35.1 Å². The van der Waals surface area contributed by atoms with Crippen molar-refractivity contribution in [3.8, 4) is 5.75 Å². The molecule has 2 aliphatic heterocycles. The highest BCUT2D eigenvalue weighted by Crippen LogP contribution is 2.44. The van der Waals surface area contributed by atoms with E-state index in [1.807, 2.05) is 17.7 Å². The number of hydrogen-bond donors (Lipinski definition) is 2. The minimum Gasteiger partial charge on any atom is -0.490 e. The molecular weight excluding hydrogens is 372 g/mol. The van der Waals surface area contributed by atoms with Crippen molar-refractivity contribution in [2.24, 2.45) is 10.7 Å². The molecule has 3 heterocycles. The molecule has 1 fully saturated rings. The number of fused-ring (bicyclic) bond motifs is 2. The van der Waals surface area contributed by atoms with E-state index in [2.05, 4.69) is 15.3 Å². The molecule has 0 radical (unpaired) electrons. The number of hydrogen-bond acceptors (Lipinski definition) is 6. The Morgan fingerprint density at radius 1 is 1.44 bits per heavy atom. The van der Waals surface area contributed by atoms with E-state index in [1.165, 1.54) is 0 Å². The van der Waals surface area contributed by atoms with Gasteiger partial charge in [0.2, 0.25) is 11.9 Å². The number of carbonyl (C=O) groups is 2. The zero-order chi connectivity index (χ0) is 19.1. The standard InChI is InChI=1S/C17H17ClN6O3/c1-9-12-10(21-17-22-16(26)14(15(19)25)24(9)17)2-3-11(13(12)18)27-7-6-23-5-4-20-8-23/h2-5,8-9,14H,6-7H2,1H3,(H2,19,25)(H,21,22,26). The van der Waals surface area contributed by atoms with Gasteiger partial charge in [-0.2, -0.15) is 0 Å². The third kappa shape index (κ3) is 2.89. The fraction of sp³-hybridized carbons (Fsp3) is 0.294. The molecule has 3 N–H and O–H groups in total. The summed E-state index contributed by atoms with van der Waals surface area (Å²) in [5.74, 6) is -0.422. The third-order valence-electron chi connectivity index (χ3n) is 4.62. The molecule has 9 nitrogen and oxygen atoms in total. The van der Waals surface area contributed by atoms with Crippen molar-refractivity contribution in [3.05, 3.63) is 41.4 Å². The predicted octanol–water partition coefficient (Wildman–Crippen LogP) is 0.963. The normalized spacial score (nSPS) is 20.6. The van der Waals surface area contributed by atoms with Crippen molar-refractivity contribution in [1.29, 1.82) is 0 Å². The van der Waals surface area contributed by atoms with Gasteiger partial charge in [0.1, 0.15) is 12.4 Å². The zero-order valence-corrected chi connectivity index (χ0v) is 15.2. The number of nitrogens with one attached hydrogen (secondary N) is 1. The van der Waals surface area contributed by atoms with E-state index in [-0.39, 0.29) is 6.04 Å². The van der Waals surface area contributed by atoms with Gasteiger partial charge >= 0.3 is 0 Å². The highest BCUT2D eigenvalue weighted by Gasteiger charge is 2.46. The van der Waals surface area contributed by atoms with Crippen LogP contribution in [0, 0.1) is 0 Å². The van der Waals surface area contributed by atoms with E-state index in [4.69, 9.17) is 22.1 Å². The summed E-state index contributed by atoms with van der Waals surface area (Å²) in [4.78, 5) is 33.8. The second-order valence-electron chi connectivity index (χ2n) is 6.27. The average Bonchev–Trinajstić information content (AvgIpc) is 3.24. The quantitative estimate of drug-likeness (QED) is 0.740. The Morgan fingerprint density at radius 3 is 2.96 bits per heavy atom. The zero-order valence-electron chi connectivity index (χ0n) is 14.4. The maximum atomic E-state index is 12.1. The van der Waals surface area contributed by atoms with Crippen LogP contribution >= 0.6 is 11.6 Å². The van der Waals surface area contributed by atoms with Crippen LogP contribution in [0.1, 0.15) is 18.5 Å². The van der Waals surface area contributed by atoms with Gasteiger partial charge in [-0.25, -0.2) is 9.98 Å². The highest BCUT2D eigenvalue weighted by molar-refractivity contribution is 6.33. The van der Waals surface area contributed by atoms with Crippen LogP contribution in [0.5, 0.6) is 5.75 Å². The van der Waals surface area contributed by atoms with Crippen LogP contribution in [-0.4, -0.2) is 44.9 Å². The van der Waals surface area contributed by atoms with Crippen molar-refractivity contribution in [2.45, 2.75) is 25.6 Å². The first-order valence-corrected chi connectivity index (χ1v) is 8.73.